The molecule has 0 spiro atoms. The molecule has 2 aromatic carbocycles. The lowest BCUT2D eigenvalue weighted by molar-refractivity contribution is -0.122. The third-order valence-electron chi connectivity index (χ3n) is 3.11. The highest BCUT2D eigenvalue weighted by molar-refractivity contribution is 14.1. The van der Waals surface area contributed by atoms with Crippen LogP contribution in [0.5, 0.6) is 11.5 Å². The number of methoxy groups -OCH3 is 1. The lowest BCUT2D eigenvalue weighted by atomic mass is 10.2. The Morgan fingerprint density at radius 2 is 1.68 bits per heavy atom. The van der Waals surface area contributed by atoms with Crippen molar-refractivity contribution in [2.45, 2.75) is 19.4 Å². The molecule has 1 atom stereocenters. The van der Waals surface area contributed by atoms with E-state index in [-0.39, 0.29) is 5.91 Å². The van der Waals surface area contributed by atoms with Crippen LogP contribution in [0.1, 0.15) is 13.3 Å². The third-order valence-corrected chi connectivity index (χ3v) is 3.83. The van der Waals surface area contributed by atoms with Gasteiger partial charge in [0.15, 0.2) is 6.10 Å². The molecule has 0 unspecified atom stereocenters. The maximum absolute atomic E-state index is 12.3. The molecule has 1 N–H and O–H groups in total. The fraction of sp³-hybridized carbons (Fsp3) is 0.235. The number of hydrogen-bond acceptors (Lipinski definition) is 3. The molecule has 0 aliphatic rings. The van der Waals surface area contributed by atoms with E-state index in [1.54, 1.807) is 31.4 Å². The largest absolute Gasteiger partial charge is 0.497 e. The molecule has 2 rings (SSSR count). The zero-order chi connectivity index (χ0) is 15.9. The Bertz CT molecular complexity index is 611. The molecule has 0 saturated carbocycles. The fourth-order valence-electron chi connectivity index (χ4n) is 1.90. The molecule has 0 heterocycles. The summed E-state index contributed by atoms with van der Waals surface area (Å²) >= 11 is 2.22. The standard InChI is InChI=1S/C17H18INO3/c1-3-16(22-15-10-8-14(21-2)9-11-15)17(20)19-13-6-4-12(18)5-7-13/h4-11,16H,3H2,1-2H3,(H,19,20)/t16-/m0/s1. The SMILES string of the molecule is CC[C@H](Oc1ccc(OC)cc1)C(=O)Nc1ccc(I)cc1. The van der Waals surface area contributed by atoms with Gasteiger partial charge < -0.3 is 14.8 Å². The summed E-state index contributed by atoms with van der Waals surface area (Å²) in [6.45, 7) is 1.92. The van der Waals surface area contributed by atoms with Gasteiger partial charge in [-0.1, -0.05) is 6.92 Å². The highest BCUT2D eigenvalue weighted by Gasteiger charge is 2.18. The second-order valence-electron chi connectivity index (χ2n) is 4.69. The van der Waals surface area contributed by atoms with Crippen LogP contribution < -0.4 is 14.8 Å². The Morgan fingerprint density at radius 3 is 2.23 bits per heavy atom. The summed E-state index contributed by atoms with van der Waals surface area (Å²) < 4.78 is 12.0. The Balaban J connectivity index is 2.00. The number of carbonyl (C=O) groups is 1. The van der Waals surface area contributed by atoms with Crippen LogP contribution in [0.3, 0.4) is 0 Å². The van der Waals surface area contributed by atoms with Gasteiger partial charge in [-0.2, -0.15) is 0 Å². The van der Waals surface area contributed by atoms with Crippen molar-refractivity contribution in [3.63, 3.8) is 0 Å². The van der Waals surface area contributed by atoms with Crippen molar-refractivity contribution in [2.24, 2.45) is 0 Å². The van der Waals surface area contributed by atoms with E-state index in [4.69, 9.17) is 9.47 Å². The minimum atomic E-state index is -0.535. The van der Waals surface area contributed by atoms with Crippen LogP contribution in [0.15, 0.2) is 48.5 Å². The van der Waals surface area contributed by atoms with Crippen molar-refractivity contribution >= 4 is 34.2 Å². The van der Waals surface area contributed by atoms with E-state index in [9.17, 15) is 4.79 Å². The molecule has 0 bridgehead atoms. The molecule has 5 heteroatoms. The highest BCUT2D eigenvalue weighted by atomic mass is 127. The Morgan fingerprint density at radius 1 is 1.09 bits per heavy atom. The van der Waals surface area contributed by atoms with Gasteiger partial charge >= 0.3 is 0 Å². The van der Waals surface area contributed by atoms with Crippen LogP contribution in [-0.2, 0) is 4.79 Å². The van der Waals surface area contributed by atoms with Gasteiger partial charge in [0.2, 0.25) is 0 Å². The molecule has 116 valence electrons. The van der Waals surface area contributed by atoms with Crippen molar-refractivity contribution in [3.05, 3.63) is 52.1 Å². The fourth-order valence-corrected chi connectivity index (χ4v) is 2.26. The van der Waals surface area contributed by atoms with Crippen molar-refractivity contribution < 1.29 is 14.3 Å². The quantitative estimate of drug-likeness (QED) is 0.729. The summed E-state index contributed by atoms with van der Waals surface area (Å²) in [5.41, 5.74) is 0.766. The Kier molecular flexibility index (Phi) is 6.06. The number of amides is 1. The van der Waals surface area contributed by atoms with Gasteiger partial charge in [0.05, 0.1) is 7.11 Å². The van der Waals surface area contributed by atoms with Crippen LogP contribution >= 0.6 is 22.6 Å². The van der Waals surface area contributed by atoms with Gasteiger partial charge in [-0.3, -0.25) is 4.79 Å². The first-order chi connectivity index (χ1) is 10.6. The summed E-state index contributed by atoms with van der Waals surface area (Å²) in [6, 6.07) is 14.8. The molecule has 0 fully saturated rings. The number of halogens is 1. The predicted molar refractivity (Wildman–Crippen MR) is 95.5 cm³/mol. The molecule has 1 amide bonds. The number of ether oxygens (including phenoxy) is 2. The van der Waals surface area contributed by atoms with Crippen molar-refractivity contribution in [1.82, 2.24) is 0 Å². The van der Waals surface area contributed by atoms with E-state index in [1.807, 2.05) is 31.2 Å². The summed E-state index contributed by atoms with van der Waals surface area (Å²) in [4.78, 5) is 12.3. The molecule has 0 aliphatic carbocycles. The van der Waals surface area contributed by atoms with Gasteiger partial charge in [-0.15, -0.1) is 0 Å². The van der Waals surface area contributed by atoms with Crippen molar-refractivity contribution in [2.75, 3.05) is 12.4 Å². The van der Waals surface area contributed by atoms with Gasteiger partial charge in [0.25, 0.3) is 5.91 Å². The zero-order valence-corrected chi connectivity index (χ0v) is 14.7. The Labute approximate surface area is 144 Å². The number of anilines is 1. The normalized spacial score (nSPS) is 11.6. The van der Waals surface area contributed by atoms with Crippen molar-refractivity contribution in [1.29, 1.82) is 0 Å². The minimum absolute atomic E-state index is 0.153. The van der Waals surface area contributed by atoms with Gasteiger partial charge in [0.1, 0.15) is 11.5 Å². The lowest BCUT2D eigenvalue weighted by Crippen LogP contribution is -2.32. The van der Waals surface area contributed by atoms with E-state index in [2.05, 4.69) is 27.9 Å². The second-order valence-corrected chi connectivity index (χ2v) is 5.93. The molecule has 0 saturated heterocycles. The van der Waals surface area contributed by atoms with Gasteiger partial charge in [-0.25, -0.2) is 0 Å². The summed E-state index contributed by atoms with van der Waals surface area (Å²) in [6.07, 6.45) is 0.0510. The lowest BCUT2D eigenvalue weighted by Gasteiger charge is -2.17. The van der Waals surface area contributed by atoms with Crippen LogP contribution in [0.25, 0.3) is 0 Å². The number of hydrogen-bond donors (Lipinski definition) is 1. The van der Waals surface area contributed by atoms with Crippen molar-refractivity contribution in [3.8, 4) is 11.5 Å². The Hall–Kier alpha value is -1.76. The van der Waals surface area contributed by atoms with E-state index >= 15 is 0 Å². The first-order valence-corrected chi connectivity index (χ1v) is 8.07. The topological polar surface area (TPSA) is 47.6 Å². The summed E-state index contributed by atoms with van der Waals surface area (Å²) in [5.74, 6) is 1.24. The molecular formula is C17H18INO3. The van der Waals surface area contributed by atoms with Crippen LogP contribution in [-0.4, -0.2) is 19.1 Å². The smallest absolute Gasteiger partial charge is 0.265 e. The maximum atomic E-state index is 12.3. The molecule has 0 aromatic heterocycles. The number of carbonyl (C=O) groups excluding carboxylic acids is 1. The maximum Gasteiger partial charge on any atom is 0.265 e. The van der Waals surface area contributed by atoms with E-state index < -0.39 is 6.10 Å². The van der Waals surface area contributed by atoms with Crippen LogP contribution in [0.2, 0.25) is 0 Å². The first kappa shape index (κ1) is 16.6. The van der Waals surface area contributed by atoms with E-state index in [1.165, 1.54) is 0 Å². The molecule has 4 nitrogen and oxygen atoms in total. The zero-order valence-electron chi connectivity index (χ0n) is 12.5. The second kappa shape index (κ2) is 8.03. The summed E-state index contributed by atoms with van der Waals surface area (Å²) in [7, 11) is 1.61. The molecule has 0 aliphatic heterocycles. The molecule has 0 radical (unpaired) electrons. The third kappa shape index (κ3) is 4.62. The predicted octanol–water partition coefficient (Wildman–Crippen LogP) is 4.10. The summed E-state index contributed by atoms with van der Waals surface area (Å²) in [5, 5.41) is 2.87. The van der Waals surface area contributed by atoms with E-state index in [0.717, 1.165) is 15.0 Å². The average molecular weight is 411 g/mol. The van der Waals surface area contributed by atoms with Crippen LogP contribution in [0.4, 0.5) is 5.69 Å². The minimum Gasteiger partial charge on any atom is -0.497 e. The molecule has 2 aromatic rings. The van der Waals surface area contributed by atoms with Crippen LogP contribution in [0, 0.1) is 3.57 Å². The number of rotatable bonds is 6. The molecule has 22 heavy (non-hydrogen) atoms. The number of nitrogens with one attached hydrogen (secondary N) is 1. The van der Waals surface area contributed by atoms with Gasteiger partial charge in [0, 0.05) is 9.26 Å². The molecular weight excluding hydrogens is 393 g/mol. The van der Waals surface area contributed by atoms with Gasteiger partial charge in [-0.05, 0) is 77.5 Å². The number of benzene rings is 2. The highest BCUT2D eigenvalue weighted by Crippen LogP contribution is 2.19. The monoisotopic (exact) mass is 411 g/mol. The van der Waals surface area contributed by atoms with E-state index in [0.29, 0.717) is 12.2 Å². The average Bonchev–Trinajstić information content (AvgIpc) is 2.55. The first-order valence-electron chi connectivity index (χ1n) is 6.99.